The molecule has 3 rings (SSSR count). The molecule has 3 heterocycles. The van der Waals surface area contributed by atoms with Gasteiger partial charge in [-0.15, -0.1) is 0 Å². The molecule has 0 aliphatic heterocycles. The van der Waals surface area contributed by atoms with Gasteiger partial charge in [-0.2, -0.15) is 0 Å². The summed E-state index contributed by atoms with van der Waals surface area (Å²) in [5.74, 6) is 0.0558. The first-order valence-corrected chi connectivity index (χ1v) is 5.43. The van der Waals surface area contributed by atoms with Crippen LogP contribution in [0.5, 0.6) is 0 Å². The van der Waals surface area contributed by atoms with Crippen molar-refractivity contribution in [1.29, 1.82) is 0 Å². The molecule has 3 aromatic heterocycles. The van der Waals surface area contributed by atoms with E-state index in [-0.39, 0.29) is 5.88 Å². The third-order valence-electron chi connectivity index (χ3n) is 2.55. The van der Waals surface area contributed by atoms with Gasteiger partial charge in [0.15, 0.2) is 5.76 Å². The summed E-state index contributed by atoms with van der Waals surface area (Å²) >= 11 is 0. The third-order valence-corrected chi connectivity index (χ3v) is 2.55. The lowest BCUT2D eigenvalue weighted by Crippen LogP contribution is -1.89. The predicted molar refractivity (Wildman–Crippen MR) is 65.7 cm³/mol. The van der Waals surface area contributed by atoms with Crippen molar-refractivity contribution in [3.63, 3.8) is 0 Å². The summed E-state index contributed by atoms with van der Waals surface area (Å²) < 4.78 is 6.85. The van der Waals surface area contributed by atoms with E-state index in [1.807, 2.05) is 12.1 Å². The van der Waals surface area contributed by atoms with E-state index in [4.69, 9.17) is 4.42 Å². The average molecular weight is 256 g/mol. The van der Waals surface area contributed by atoms with Gasteiger partial charge in [0, 0.05) is 12.4 Å². The van der Waals surface area contributed by atoms with Crippen molar-refractivity contribution in [1.82, 2.24) is 14.5 Å². The zero-order valence-electron chi connectivity index (χ0n) is 9.63. The van der Waals surface area contributed by atoms with E-state index in [0.29, 0.717) is 11.5 Å². The Morgan fingerprint density at radius 2 is 2.21 bits per heavy atom. The van der Waals surface area contributed by atoms with E-state index in [9.17, 15) is 10.1 Å². The highest BCUT2D eigenvalue weighted by Crippen LogP contribution is 2.25. The molecule has 0 saturated heterocycles. The van der Waals surface area contributed by atoms with Gasteiger partial charge in [-0.3, -0.25) is 15.1 Å². The summed E-state index contributed by atoms with van der Waals surface area (Å²) in [7, 11) is 0. The normalized spacial score (nSPS) is 10.5. The average Bonchev–Trinajstić information content (AvgIpc) is 3.09. The van der Waals surface area contributed by atoms with Crippen molar-refractivity contribution in [2.24, 2.45) is 0 Å². The minimum absolute atomic E-state index is 0.300. The van der Waals surface area contributed by atoms with Crippen molar-refractivity contribution < 1.29 is 9.34 Å². The second-order valence-corrected chi connectivity index (χ2v) is 3.77. The van der Waals surface area contributed by atoms with Gasteiger partial charge in [0.1, 0.15) is 16.9 Å². The summed E-state index contributed by atoms with van der Waals surface area (Å²) in [6.45, 7) is 0. The molecule has 19 heavy (non-hydrogen) atoms. The van der Waals surface area contributed by atoms with Crippen LogP contribution in [0.4, 0.5) is 5.88 Å². The molecular formula is C12H8N4O3. The fourth-order valence-corrected chi connectivity index (χ4v) is 1.66. The third kappa shape index (κ3) is 2.08. The maximum atomic E-state index is 10.6. The van der Waals surface area contributed by atoms with Gasteiger partial charge in [0.05, 0.1) is 18.0 Å². The van der Waals surface area contributed by atoms with Gasteiger partial charge >= 0.3 is 5.88 Å². The summed E-state index contributed by atoms with van der Waals surface area (Å²) in [4.78, 5) is 18.1. The van der Waals surface area contributed by atoms with Crippen molar-refractivity contribution in [3.8, 4) is 17.1 Å². The Bertz CT molecular complexity index is 717. The SMILES string of the molecule is O=[N+]([O-])c1ccc(-c2cn(-c3cccnc3)cn2)o1. The van der Waals surface area contributed by atoms with E-state index in [1.165, 1.54) is 12.1 Å². The van der Waals surface area contributed by atoms with Gasteiger partial charge in [-0.05, 0) is 18.2 Å². The van der Waals surface area contributed by atoms with E-state index >= 15 is 0 Å². The zero-order valence-corrected chi connectivity index (χ0v) is 9.63. The highest BCUT2D eigenvalue weighted by atomic mass is 16.6. The number of nitro groups is 1. The van der Waals surface area contributed by atoms with Gasteiger partial charge in [-0.25, -0.2) is 4.98 Å². The first kappa shape index (κ1) is 11.1. The monoisotopic (exact) mass is 256 g/mol. The molecule has 0 bridgehead atoms. The zero-order chi connectivity index (χ0) is 13.2. The van der Waals surface area contributed by atoms with Crippen molar-refractivity contribution in [2.75, 3.05) is 0 Å². The quantitative estimate of drug-likeness (QED) is 0.530. The molecule has 0 fully saturated rings. The molecular weight excluding hydrogens is 248 g/mol. The summed E-state index contributed by atoms with van der Waals surface area (Å²) in [5.41, 5.74) is 1.37. The van der Waals surface area contributed by atoms with Gasteiger partial charge < -0.3 is 8.98 Å². The minimum Gasteiger partial charge on any atom is -0.399 e. The number of aromatic nitrogens is 3. The lowest BCUT2D eigenvalue weighted by molar-refractivity contribution is -0.401. The standard InChI is InChI=1S/C12H8N4O3/c17-16(18)12-4-3-11(19-12)10-7-15(8-14-10)9-2-1-5-13-6-9/h1-8H. The van der Waals surface area contributed by atoms with Crippen LogP contribution in [-0.4, -0.2) is 19.5 Å². The van der Waals surface area contributed by atoms with Crippen LogP contribution in [0.1, 0.15) is 0 Å². The van der Waals surface area contributed by atoms with Crippen LogP contribution < -0.4 is 0 Å². The summed E-state index contributed by atoms with van der Waals surface area (Å²) in [5, 5.41) is 10.6. The second-order valence-electron chi connectivity index (χ2n) is 3.77. The summed E-state index contributed by atoms with van der Waals surface area (Å²) in [6, 6.07) is 6.52. The Morgan fingerprint density at radius 3 is 2.89 bits per heavy atom. The minimum atomic E-state index is -0.582. The number of hydrogen-bond donors (Lipinski definition) is 0. The maximum absolute atomic E-state index is 10.6. The van der Waals surface area contributed by atoms with Crippen LogP contribution >= 0.6 is 0 Å². The molecule has 7 heteroatoms. The number of hydrogen-bond acceptors (Lipinski definition) is 5. The molecule has 0 atom stereocenters. The molecule has 7 nitrogen and oxygen atoms in total. The molecule has 0 N–H and O–H groups in total. The number of rotatable bonds is 3. The summed E-state index contributed by atoms with van der Waals surface area (Å²) in [6.07, 6.45) is 6.69. The number of furan rings is 1. The molecule has 94 valence electrons. The molecule has 3 aromatic rings. The largest absolute Gasteiger partial charge is 0.433 e. The lowest BCUT2D eigenvalue weighted by Gasteiger charge is -1.98. The number of nitrogens with zero attached hydrogens (tertiary/aromatic N) is 4. The Balaban J connectivity index is 1.94. The van der Waals surface area contributed by atoms with Crippen LogP contribution in [0.15, 0.2) is 53.6 Å². The van der Waals surface area contributed by atoms with Crippen molar-refractivity contribution >= 4 is 5.88 Å². The fraction of sp³-hybridized carbons (Fsp3) is 0. The van der Waals surface area contributed by atoms with E-state index < -0.39 is 4.92 Å². The molecule has 0 saturated carbocycles. The van der Waals surface area contributed by atoms with E-state index in [2.05, 4.69) is 9.97 Å². The fourth-order valence-electron chi connectivity index (χ4n) is 1.66. The first-order chi connectivity index (χ1) is 9.24. The number of imidazole rings is 1. The molecule has 0 aliphatic carbocycles. The molecule has 0 amide bonds. The van der Waals surface area contributed by atoms with Crippen molar-refractivity contribution in [2.45, 2.75) is 0 Å². The van der Waals surface area contributed by atoms with E-state index in [0.717, 1.165) is 5.69 Å². The van der Waals surface area contributed by atoms with Crippen LogP contribution in [0.3, 0.4) is 0 Å². The van der Waals surface area contributed by atoms with Gasteiger partial charge in [0.25, 0.3) is 0 Å². The Kier molecular flexibility index (Phi) is 2.57. The number of pyridine rings is 1. The van der Waals surface area contributed by atoms with Gasteiger partial charge in [-0.1, -0.05) is 0 Å². The molecule has 0 spiro atoms. The molecule has 0 unspecified atom stereocenters. The van der Waals surface area contributed by atoms with E-state index in [1.54, 1.807) is 29.5 Å². The van der Waals surface area contributed by atoms with Crippen LogP contribution in [0.25, 0.3) is 17.1 Å². The van der Waals surface area contributed by atoms with Crippen LogP contribution in [-0.2, 0) is 0 Å². The van der Waals surface area contributed by atoms with Gasteiger partial charge in [0.2, 0.25) is 0 Å². The Hall–Kier alpha value is -2.96. The highest BCUT2D eigenvalue weighted by molar-refractivity contribution is 5.53. The van der Waals surface area contributed by atoms with Crippen LogP contribution in [0.2, 0.25) is 0 Å². The predicted octanol–water partition coefficient (Wildman–Crippen LogP) is 2.44. The second kappa shape index (κ2) is 4.37. The molecule has 0 aromatic carbocycles. The lowest BCUT2D eigenvalue weighted by atomic mass is 10.3. The first-order valence-electron chi connectivity index (χ1n) is 5.43. The molecule has 0 radical (unpaired) electrons. The highest BCUT2D eigenvalue weighted by Gasteiger charge is 2.14. The maximum Gasteiger partial charge on any atom is 0.433 e. The van der Waals surface area contributed by atoms with Crippen molar-refractivity contribution in [3.05, 3.63) is 59.3 Å². The Labute approximate surface area is 107 Å². The van der Waals surface area contributed by atoms with Crippen LogP contribution in [0, 0.1) is 10.1 Å². The Morgan fingerprint density at radius 1 is 1.32 bits per heavy atom. The topological polar surface area (TPSA) is 87.0 Å². The smallest absolute Gasteiger partial charge is 0.399 e. The molecule has 0 aliphatic rings.